The molecule has 11 nitrogen and oxygen atoms in total. The van der Waals surface area contributed by atoms with E-state index in [0.717, 1.165) is 70.6 Å². The molecule has 4 N–H and O–H groups in total. The minimum absolute atomic E-state index is 0.142. The van der Waals surface area contributed by atoms with Crippen molar-refractivity contribution in [2.45, 2.75) is 187 Å². The molecule has 0 aliphatic carbocycles. The average molecular weight is 850 g/mol. The summed E-state index contributed by atoms with van der Waals surface area (Å²) in [6, 6.07) is -1.55. The van der Waals surface area contributed by atoms with Gasteiger partial charge in [-0.25, -0.2) is 9.36 Å². The molecule has 0 aliphatic rings. The fraction of sp³-hybridized carbons (Fsp3) is 0.681. The third kappa shape index (κ3) is 41.4. The van der Waals surface area contributed by atoms with Gasteiger partial charge in [-0.1, -0.05) is 170 Å². The van der Waals surface area contributed by atoms with Crippen LogP contribution in [0.5, 0.6) is 0 Å². The summed E-state index contributed by atoms with van der Waals surface area (Å²) in [6.07, 6.45) is 49.2. The van der Waals surface area contributed by atoms with Crippen molar-refractivity contribution in [3.8, 4) is 0 Å². The van der Waals surface area contributed by atoms with Crippen molar-refractivity contribution in [3.63, 3.8) is 0 Å². The standard InChI is InChI=1S/C47H80NO10P/c1-3-5-7-9-11-13-15-17-19-20-21-22-23-24-25-27-29-31-33-35-37-39-46(51)56-40-43(49)41-57-59(54,55)58-42-44(47(52)53)48-45(50)38-36-34-32-30-28-26-18-16-14-12-10-8-6-4-2/h5,7,11,13,17,19,21-22,24-25,29,31,43-44,49H,3-4,6,8-10,12,14-16,18,20,23,26-28,30,32-42H2,1-2H3,(H,48,50)(H,52,53)(H,54,55)/b7-5-,13-11-,19-17-,22-21-,25-24-,31-29-. The molecule has 12 heteroatoms. The van der Waals surface area contributed by atoms with Crippen LogP contribution in [0.25, 0.3) is 0 Å². The number of unbranched alkanes of at least 4 members (excludes halogenated alkanes) is 15. The van der Waals surface area contributed by atoms with Gasteiger partial charge in [0, 0.05) is 12.8 Å². The zero-order valence-corrected chi connectivity index (χ0v) is 37.4. The molecule has 0 aromatic carbocycles. The van der Waals surface area contributed by atoms with E-state index in [0.29, 0.717) is 12.8 Å². The fourth-order valence-electron chi connectivity index (χ4n) is 5.79. The summed E-state index contributed by atoms with van der Waals surface area (Å²) in [5.41, 5.74) is 0. The van der Waals surface area contributed by atoms with Crippen LogP contribution >= 0.6 is 7.82 Å². The number of carbonyl (C=O) groups is 3. The van der Waals surface area contributed by atoms with E-state index in [1.165, 1.54) is 64.2 Å². The van der Waals surface area contributed by atoms with Crippen molar-refractivity contribution in [2.75, 3.05) is 19.8 Å². The highest BCUT2D eigenvalue weighted by Crippen LogP contribution is 2.43. The van der Waals surface area contributed by atoms with Gasteiger partial charge >= 0.3 is 19.8 Å². The first-order valence-corrected chi connectivity index (χ1v) is 24.0. The molecule has 0 spiro atoms. The quantitative estimate of drug-likeness (QED) is 0.0201. The van der Waals surface area contributed by atoms with E-state index < -0.39 is 57.6 Å². The number of rotatable bonds is 41. The molecule has 1 amide bonds. The van der Waals surface area contributed by atoms with E-state index in [-0.39, 0.29) is 12.8 Å². The number of phosphoric ester groups is 1. The number of carbonyl (C=O) groups excluding carboxylic acids is 2. The van der Waals surface area contributed by atoms with Crippen molar-refractivity contribution in [2.24, 2.45) is 0 Å². The number of carboxylic acids is 1. The number of ether oxygens (including phenoxy) is 1. The molecule has 3 unspecified atom stereocenters. The number of nitrogens with one attached hydrogen (secondary N) is 1. The molecule has 0 bridgehead atoms. The maximum Gasteiger partial charge on any atom is 0.472 e. The van der Waals surface area contributed by atoms with Crippen LogP contribution in [-0.2, 0) is 32.7 Å². The summed E-state index contributed by atoms with van der Waals surface area (Å²) in [6.45, 7) is 2.43. The molecule has 0 fully saturated rings. The lowest BCUT2D eigenvalue weighted by atomic mass is 10.0. The van der Waals surface area contributed by atoms with Gasteiger partial charge in [-0.2, -0.15) is 0 Å². The van der Waals surface area contributed by atoms with Crippen molar-refractivity contribution in [1.82, 2.24) is 5.32 Å². The van der Waals surface area contributed by atoms with E-state index in [1.807, 2.05) is 0 Å². The minimum atomic E-state index is -4.77. The number of aliphatic carboxylic acids is 1. The van der Waals surface area contributed by atoms with Crippen LogP contribution < -0.4 is 5.32 Å². The predicted molar refractivity (Wildman–Crippen MR) is 240 cm³/mol. The lowest BCUT2D eigenvalue weighted by molar-refractivity contribution is -0.147. The van der Waals surface area contributed by atoms with Crippen LogP contribution in [0.1, 0.15) is 174 Å². The second-order valence-corrected chi connectivity index (χ2v) is 16.3. The maximum atomic E-state index is 12.3. The number of carboxylic acid groups (broad SMARTS) is 1. The van der Waals surface area contributed by atoms with Gasteiger partial charge < -0.3 is 25.2 Å². The Morgan fingerprint density at radius 1 is 0.559 bits per heavy atom. The highest BCUT2D eigenvalue weighted by atomic mass is 31.2. The Balaban J connectivity index is 3.97. The number of allylic oxidation sites excluding steroid dienone is 12. The molecule has 0 aliphatic heterocycles. The highest BCUT2D eigenvalue weighted by Gasteiger charge is 2.28. The molecular weight excluding hydrogens is 769 g/mol. The first-order chi connectivity index (χ1) is 28.6. The van der Waals surface area contributed by atoms with Crippen LogP contribution in [0.2, 0.25) is 0 Å². The summed E-state index contributed by atoms with van der Waals surface area (Å²) in [4.78, 5) is 45.9. The lowest BCUT2D eigenvalue weighted by Crippen LogP contribution is -2.43. The number of amides is 1. The van der Waals surface area contributed by atoms with E-state index in [9.17, 15) is 34.1 Å². The smallest absolute Gasteiger partial charge is 0.472 e. The second kappa shape index (κ2) is 41.6. The number of phosphoric acid groups is 1. The SMILES string of the molecule is CC/C=C\C/C=C\C/C=C\C/C=C\C/C=C\C/C=C\CCCCC(=O)OCC(O)COP(=O)(O)OCC(NC(=O)CCCCCCCCCCCCCCCC)C(=O)O. The Kier molecular flexibility index (Phi) is 39.5. The molecule has 0 radical (unpaired) electrons. The van der Waals surface area contributed by atoms with E-state index in [4.69, 9.17) is 13.8 Å². The normalized spacial score (nSPS) is 14.4. The van der Waals surface area contributed by atoms with Gasteiger partial charge in [0.05, 0.1) is 13.2 Å². The monoisotopic (exact) mass is 850 g/mol. The zero-order chi connectivity index (χ0) is 43.5. The molecule has 59 heavy (non-hydrogen) atoms. The van der Waals surface area contributed by atoms with Crippen LogP contribution in [0.4, 0.5) is 0 Å². The van der Waals surface area contributed by atoms with E-state index in [2.05, 4.69) is 92.1 Å². The van der Waals surface area contributed by atoms with Gasteiger partial charge in [0.25, 0.3) is 0 Å². The Labute approximate surface area is 357 Å². The number of esters is 1. The third-order valence-electron chi connectivity index (χ3n) is 9.26. The Bertz CT molecular complexity index is 1280. The lowest BCUT2D eigenvalue weighted by Gasteiger charge is -2.18. The van der Waals surface area contributed by atoms with Gasteiger partial charge in [-0.15, -0.1) is 0 Å². The van der Waals surface area contributed by atoms with Crippen molar-refractivity contribution < 1.29 is 47.8 Å². The van der Waals surface area contributed by atoms with Crippen molar-refractivity contribution >= 4 is 25.7 Å². The van der Waals surface area contributed by atoms with Crippen LogP contribution in [0.15, 0.2) is 72.9 Å². The van der Waals surface area contributed by atoms with Gasteiger partial charge in [0.1, 0.15) is 12.7 Å². The summed E-state index contributed by atoms with van der Waals surface area (Å²) in [7, 11) is -4.77. The molecule has 338 valence electrons. The number of hydrogen-bond acceptors (Lipinski definition) is 8. The maximum absolute atomic E-state index is 12.3. The molecule has 0 saturated carbocycles. The molecule has 0 aromatic heterocycles. The van der Waals surface area contributed by atoms with Gasteiger partial charge in [-0.3, -0.25) is 18.6 Å². The second-order valence-electron chi connectivity index (χ2n) is 14.9. The molecule has 0 aromatic rings. The molecule has 0 heterocycles. The molecule has 0 saturated heterocycles. The van der Waals surface area contributed by atoms with Gasteiger partial charge in [0.15, 0.2) is 6.04 Å². The summed E-state index contributed by atoms with van der Waals surface area (Å²) < 4.78 is 26.8. The Hall–Kier alpha value is -3.08. The topological polar surface area (TPSA) is 169 Å². The minimum Gasteiger partial charge on any atom is -0.480 e. The van der Waals surface area contributed by atoms with Crippen LogP contribution in [-0.4, -0.2) is 64.9 Å². The Morgan fingerprint density at radius 3 is 1.46 bits per heavy atom. The molecule has 0 rings (SSSR count). The summed E-state index contributed by atoms with van der Waals surface area (Å²) in [5.74, 6) is -2.42. The van der Waals surface area contributed by atoms with Gasteiger partial charge in [-0.05, 0) is 64.2 Å². The first kappa shape index (κ1) is 55.9. The third-order valence-corrected chi connectivity index (χ3v) is 10.2. The molecule has 3 atom stereocenters. The summed E-state index contributed by atoms with van der Waals surface area (Å²) in [5, 5.41) is 21.8. The largest absolute Gasteiger partial charge is 0.480 e. The zero-order valence-electron chi connectivity index (χ0n) is 36.5. The summed E-state index contributed by atoms with van der Waals surface area (Å²) >= 11 is 0. The average Bonchev–Trinajstić information content (AvgIpc) is 3.21. The predicted octanol–water partition coefficient (Wildman–Crippen LogP) is 11.7. The van der Waals surface area contributed by atoms with Crippen molar-refractivity contribution in [3.05, 3.63) is 72.9 Å². The van der Waals surface area contributed by atoms with Gasteiger partial charge in [0.2, 0.25) is 5.91 Å². The van der Waals surface area contributed by atoms with E-state index >= 15 is 0 Å². The van der Waals surface area contributed by atoms with E-state index in [1.54, 1.807) is 0 Å². The number of aliphatic hydroxyl groups excluding tert-OH is 1. The molecular formula is C47H80NO10P. The Morgan fingerprint density at radius 2 is 0.983 bits per heavy atom. The fourth-order valence-corrected chi connectivity index (χ4v) is 6.56. The number of aliphatic hydroxyl groups is 1. The highest BCUT2D eigenvalue weighted by molar-refractivity contribution is 7.47. The van der Waals surface area contributed by atoms with Crippen molar-refractivity contribution in [1.29, 1.82) is 0 Å². The van der Waals surface area contributed by atoms with Crippen LogP contribution in [0.3, 0.4) is 0 Å². The first-order valence-electron chi connectivity index (χ1n) is 22.5. The van der Waals surface area contributed by atoms with Crippen LogP contribution in [0, 0.1) is 0 Å². The number of hydrogen-bond donors (Lipinski definition) is 4.